The van der Waals surface area contributed by atoms with E-state index in [0.717, 1.165) is 11.3 Å². The third kappa shape index (κ3) is 5.65. The highest BCUT2D eigenvalue weighted by atomic mass is 35.5. The van der Waals surface area contributed by atoms with Gasteiger partial charge in [0.15, 0.2) is 6.10 Å². The zero-order valence-corrected chi connectivity index (χ0v) is 22.6. The average molecular weight is 601 g/mol. The van der Waals surface area contributed by atoms with Crippen molar-refractivity contribution in [2.24, 2.45) is 11.1 Å². The Hall–Kier alpha value is -2.36. The second kappa shape index (κ2) is 10.7. The number of hydrogen-bond acceptors (Lipinski definition) is 11. The molecule has 0 bridgehead atoms. The van der Waals surface area contributed by atoms with Crippen molar-refractivity contribution in [2.75, 3.05) is 11.9 Å². The predicted octanol–water partition coefficient (Wildman–Crippen LogP) is 2.96. The molecule has 5 rings (SSSR count). The summed E-state index contributed by atoms with van der Waals surface area (Å²) in [6, 6.07) is 6.25. The number of aliphatic hydroxyl groups is 2. The van der Waals surface area contributed by atoms with Crippen LogP contribution in [0.3, 0.4) is 0 Å². The van der Waals surface area contributed by atoms with Gasteiger partial charge in [0, 0.05) is 44.7 Å². The highest BCUT2D eigenvalue weighted by Crippen LogP contribution is 2.45. The van der Waals surface area contributed by atoms with Crippen molar-refractivity contribution >= 4 is 56.6 Å². The lowest BCUT2D eigenvalue weighted by Crippen LogP contribution is -2.24. The molecule has 1 aliphatic heterocycles. The molecule has 0 spiro atoms. The molecule has 3 aromatic rings. The van der Waals surface area contributed by atoms with Gasteiger partial charge in [0.1, 0.15) is 22.6 Å². The topological polar surface area (TPSA) is 174 Å². The first-order valence-corrected chi connectivity index (χ1v) is 14.4. The van der Waals surface area contributed by atoms with Crippen LogP contribution in [0.15, 0.2) is 36.8 Å². The van der Waals surface area contributed by atoms with Gasteiger partial charge in [0.25, 0.3) is 0 Å². The fraction of sp³-hybridized carbons (Fsp3) is 0.348. The largest absolute Gasteiger partial charge is 0.449 e. The Labute approximate surface area is 231 Å². The molecule has 2 unspecified atom stereocenters. The summed E-state index contributed by atoms with van der Waals surface area (Å²) in [5.41, 5.74) is 1.87. The monoisotopic (exact) mass is 600 g/mol. The molecular weight excluding hydrogens is 579 g/mol. The van der Waals surface area contributed by atoms with E-state index in [-0.39, 0.29) is 12.6 Å². The van der Waals surface area contributed by atoms with E-state index in [0.29, 0.717) is 55.1 Å². The first-order chi connectivity index (χ1) is 18.0. The van der Waals surface area contributed by atoms with Gasteiger partial charge in [0.05, 0.1) is 18.3 Å². The molecule has 38 heavy (non-hydrogen) atoms. The third-order valence-electron chi connectivity index (χ3n) is 6.50. The molecule has 1 fully saturated rings. The molecule has 2 aromatic heterocycles. The normalized spacial score (nSPS) is 23.8. The number of aliphatic hydroxyl groups excluding tert-OH is 2. The number of nitrogens with two attached hydrogens (primary N) is 1. The smallest absolute Gasteiger partial charge is 0.339 e. The number of anilines is 1. The Bertz CT molecular complexity index is 1490. The number of nitrogens with zero attached hydrogens (tertiary/aromatic N) is 2. The molecule has 202 valence electrons. The van der Waals surface area contributed by atoms with Gasteiger partial charge in [-0.2, -0.15) is 8.42 Å². The number of hydrogen-bond donors (Lipinski definition) is 4. The highest BCUT2D eigenvalue weighted by molar-refractivity contribution is 7.84. The van der Waals surface area contributed by atoms with E-state index in [9.17, 15) is 23.4 Å². The van der Waals surface area contributed by atoms with Crippen molar-refractivity contribution in [2.45, 2.75) is 37.2 Å². The zero-order chi connectivity index (χ0) is 27.2. The number of aromatic nitrogens is 2. The number of thiophene rings is 1. The second-order valence-corrected chi connectivity index (χ2v) is 12.4. The van der Waals surface area contributed by atoms with E-state index in [4.69, 9.17) is 33.1 Å². The van der Waals surface area contributed by atoms with Crippen molar-refractivity contribution in [3.63, 3.8) is 0 Å². The molecule has 5 N–H and O–H groups in total. The van der Waals surface area contributed by atoms with Crippen molar-refractivity contribution in [1.29, 1.82) is 0 Å². The third-order valence-corrected chi connectivity index (χ3v) is 8.65. The molecule has 3 heterocycles. The van der Waals surface area contributed by atoms with Crippen LogP contribution in [0.25, 0.3) is 0 Å². The van der Waals surface area contributed by atoms with Gasteiger partial charge in [-0.15, -0.1) is 11.3 Å². The molecule has 1 saturated carbocycles. The molecule has 5 atom stereocenters. The van der Waals surface area contributed by atoms with E-state index < -0.39 is 40.5 Å². The predicted molar refractivity (Wildman–Crippen MR) is 139 cm³/mol. The van der Waals surface area contributed by atoms with Crippen molar-refractivity contribution in [1.82, 2.24) is 9.97 Å². The van der Waals surface area contributed by atoms with Gasteiger partial charge in [-0.3, -0.25) is 4.18 Å². The number of fused-ring (bicyclic) bond motifs is 1. The van der Waals surface area contributed by atoms with E-state index in [1.807, 2.05) is 0 Å². The van der Waals surface area contributed by atoms with E-state index >= 15 is 0 Å². The van der Waals surface area contributed by atoms with Crippen LogP contribution in [0, 0.1) is 5.92 Å². The van der Waals surface area contributed by atoms with Crippen LogP contribution in [0.1, 0.15) is 57.0 Å². The van der Waals surface area contributed by atoms with E-state index in [1.54, 1.807) is 24.3 Å². The first-order valence-electron chi connectivity index (χ1n) is 11.4. The second-order valence-electron chi connectivity index (χ2n) is 9.04. The summed E-state index contributed by atoms with van der Waals surface area (Å²) in [6.45, 7) is -0.242. The Morgan fingerprint density at radius 2 is 2.05 bits per heavy atom. The summed E-state index contributed by atoms with van der Waals surface area (Å²) in [4.78, 5) is 21.1. The molecule has 15 heteroatoms. The lowest BCUT2D eigenvalue weighted by Gasteiger charge is -2.18. The van der Waals surface area contributed by atoms with Crippen LogP contribution in [0.2, 0.25) is 9.36 Å². The van der Waals surface area contributed by atoms with Crippen molar-refractivity contribution in [3.8, 4) is 0 Å². The maximum atomic E-state index is 12.3. The molecule has 0 amide bonds. The van der Waals surface area contributed by atoms with Crippen LogP contribution in [-0.4, -0.2) is 53.3 Å². The Morgan fingerprint density at radius 3 is 2.82 bits per heavy atom. The summed E-state index contributed by atoms with van der Waals surface area (Å²) >= 11 is 13.8. The van der Waals surface area contributed by atoms with Crippen LogP contribution in [0.4, 0.5) is 5.82 Å². The number of cyclic esters (lactones) is 1. The average Bonchev–Trinajstić information content (AvgIpc) is 3.51. The minimum Gasteiger partial charge on any atom is -0.449 e. The number of benzene rings is 1. The molecular formula is C23H22Cl2N4O7S2. The Morgan fingerprint density at radius 1 is 1.26 bits per heavy atom. The van der Waals surface area contributed by atoms with Gasteiger partial charge < -0.3 is 20.3 Å². The van der Waals surface area contributed by atoms with Crippen LogP contribution in [-0.2, 0) is 19.2 Å². The fourth-order valence-electron chi connectivity index (χ4n) is 4.71. The standard InChI is InChI=1S/C23H22Cl2N4O7S2/c24-11-1-2-13-14(4-11)20(36-23(13)32)15-6-18(37-21(15)25)19(31)16-7-27-9-28-22(16)29-12-3-10(17(30)5-12)8-35-38(26,33)34/h1-2,4,6-7,9-10,12,17,19-20,30-31H,3,5,8H2,(H2,26,33,34)(H,27,28,29)/t10-,12-,17+,19?,20?/m1/s1. The number of rotatable bonds is 8. The SMILES string of the molecule is NS(=O)(=O)OC[C@H]1C[C@@H](Nc2ncncc2C(O)c2cc(C3OC(=O)c4ccc(Cl)cc43)c(Cl)s2)C[C@@H]1O. The van der Waals surface area contributed by atoms with Crippen LogP contribution >= 0.6 is 34.5 Å². The summed E-state index contributed by atoms with van der Waals surface area (Å²) in [7, 11) is -4.12. The number of nitrogens with one attached hydrogen (secondary N) is 1. The molecule has 11 nitrogen and oxygen atoms in total. The molecule has 2 aliphatic rings. The number of carbonyl (C=O) groups excluding carboxylic acids is 1. The quantitative estimate of drug-likeness (QED) is 0.281. The molecule has 1 aromatic carbocycles. The van der Waals surface area contributed by atoms with Crippen molar-refractivity contribution in [3.05, 3.63) is 73.3 Å². The Balaban J connectivity index is 1.35. The van der Waals surface area contributed by atoms with Gasteiger partial charge in [-0.25, -0.2) is 19.9 Å². The van der Waals surface area contributed by atoms with Gasteiger partial charge in [0.2, 0.25) is 0 Å². The molecule has 0 radical (unpaired) electrons. The van der Waals surface area contributed by atoms with Crippen LogP contribution < -0.4 is 10.5 Å². The lowest BCUT2D eigenvalue weighted by molar-refractivity contribution is 0.0456. The minimum atomic E-state index is -4.12. The van der Waals surface area contributed by atoms with E-state index in [2.05, 4.69) is 19.5 Å². The van der Waals surface area contributed by atoms with E-state index in [1.165, 1.54) is 12.5 Å². The van der Waals surface area contributed by atoms with Gasteiger partial charge >= 0.3 is 16.3 Å². The first kappa shape index (κ1) is 27.2. The minimum absolute atomic E-state index is 0.242. The summed E-state index contributed by atoms with van der Waals surface area (Å²) in [6.07, 6.45) is 0.735. The van der Waals surface area contributed by atoms with Gasteiger partial charge in [-0.1, -0.05) is 23.2 Å². The highest BCUT2D eigenvalue weighted by Gasteiger charge is 2.37. The fourth-order valence-corrected chi connectivity index (χ4v) is 6.59. The van der Waals surface area contributed by atoms with Crippen LogP contribution in [0.5, 0.6) is 0 Å². The number of carbonyl (C=O) groups is 1. The number of ether oxygens (including phenoxy) is 1. The number of esters is 1. The van der Waals surface area contributed by atoms with Crippen molar-refractivity contribution < 1.29 is 32.3 Å². The maximum Gasteiger partial charge on any atom is 0.339 e. The molecule has 0 saturated heterocycles. The summed E-state index contributed by atoms with van der Waals surface area (Å²) < 4.78 is 32.7. The lowest BCUT2D eigenvalue weighted by atomic mass is 10.0. The summed E-state index contributed by atoms with van der Waals surface area (Å²) in [5, 5.41) is 30.1. The zero-order valence-electron chi connectivity index (χ0n) is 19.5. The molecule has 1 aliphatic carbocycles. The number of halogens is 2. The summed E-state index contributed by atoms with van der Waals surface area (Å²) in [5.74, 6) is -0.598. The van der Waals surface area contributed by atoms with Gasteiger partial charge in [-0.05, 0) is 37.1 Å². The Kier molecular flexibility index (Phi) is 7.64. The maximum absolute atomic E-state index is 12.3.